The fraction of sp³-hybridized carbons (Fsp3) is 0.304. The van der Waals surface area contributed by atoms with Crippen molar-refractivity contribution < 1.29 is 9.53 Å². The summed E-state index contributed by atoms with van der Waals surface area (Å²) in [5.74, 6) is 0.0964. The van der Waals surface area contributed by atoms with Gasteiger partial charge in [0.2, 0.25) is 0 Å². The molecule has 1 aromatic carbocycles. The lowest BCUT2D eigenvalue weighted by molar-refractivity contribution is 0.0523. The molecule has 3 aromatic rings. The highest BCUT2D eigenvalue weighted by Crippen LogP contribution is 2.46. The summed E-state index contributed by atoms with van der Waals surface area (Å²) in [5.41, 5.74) is 2.85. The van der Waals surface area contributed by atoms with Crippen molar-refractivity contribution in [1.29, 1.82) is 0 Å². The molecule has 0 bridgehead atoms. The van der Waals surface area contributed by atoms with Gasteiger partial charge in [-0.2, -0.15) is 0 Å². The van der Waals surface area contributed by atoms with Crippen LogP contribution in [0.5, 0.6) is 0 Å². The van der Waals surface area contributed by atoms with Crippen LogP contribution in [-0.4, -0.2) is 22.1 Å². The number of hydrogen-bond acceptors (Lipinski definition) is 4. The standard InChI is InChI=1S/C23H22Cl2N2O2S/c1-2-29-23(28)20-14-27(13-15-6-8-26-9-7-15)22(21(20)16-4-3-5-16)30-19-11-17(24)10-18(25)12-19/h6-12,14,16H,2-5,13H2,1H3. The first-order chi connectivity index (χ1) is 14.5. The molecular formula is C23H22Cl2N2O2S. The Morgan fingerprint density at radius 3 is 2.50 bits per heavy atom. The summed E-state index contributed by atoms with van der Waals surface area (Å²) in [6.07, 6.45) is 8.82. The van der Waals surface area contributed by atoms with Crippen molar-refractivity contribution in [3.63, 3.8) is 0 Å². The molecule has 0 N–H and O–H groups in total. The summed E-state index contributed by atoms with van der Waals surface area (Å²) < 4.78 is 7.51. The van der Waals surface area contributed by atoms with E-state index >= 15 is 0 Å². The average molecular weight is 461 g/mol. The Kier molecular flexibility index (Phi) is 6.71. The van der Waals surface area contributed by atoms with Crippen LogP contribution in [0.2, 0.25) is 10.0 Å². The maximum Gasteiger partial charge on any atom is 0.340 e. The molecule has 0 saturated heterocycles. The zero-order chi connectivity index (χ0) is 21.1. The van der Waals surface area contributed by atoms with Crippen molar-refractivity contribution >= 4 is 40.9 Å². The van der Waals surface area contributed by atoms with Crippen molar-refractivity contribution in [1.82, 2.24) is 9.55 Å². The number of nitrogens with zero attached hydrogens (tertiary/aromatic N) is 2. The van der Waals surface area contributed by atoms with Crippen LogP contribution in [0.4, 0.5) is 0 Å². The van der Waals surface area contributed by atoms with Gasteiger partial charge in [0, 0.05) is 45.6 Å². The number of halogens is 2. The molecule has 1 fully saturated rings. The van der Waals surface area contributed by atoms with Crippen molar-refractivity contribution in [2.75, 3.05) is 6.61 Å². The lowest BCUT2D eigenvalue weighted by atomic mass is 9.79. The summed E-state index contributed by atoms with van der Waals surface area (Å²) in [4.78, 5) is 17.8. The van der Waals surface area contributed by atoms with Crippen LogP contribution < -0.4 is 0 Å². The van der Waals surface area contributed by atoms with Gasteiger partial charge in [0.1, 0.15) is 0 Å². The first kappa shape index (κ1) is 21.3. The average Bonchev–Trinajstić information content (AvgIpc) is 2.99. The largest absolute Gasteiger partial charge is 0.462 e. The Morgan fingerprint density at radius 2 is 1.90 bits per heavy atom. The zero-order valence-electron chi connectivity index (χ0n) is 16.6. The van der Waals surface area contributed by atoms with Crippen molar-refractivity contribution in [2.24, 2.45) is 0 Å². The molecule has 2 aromatic heterocycles. The number of hydrogen-bond donors (Lipinski definition) is 0. The lowest BCUT2D eigenvalue weighted by Gasteiger charge is -2.27. The first-order valence-corrected chi connectivity index (χ1v) is 11.6. The van der Waals surface area contributed by atoms with Gasteiger partial charge in [-0.1, -0.05) is 41.4 Å². The number of pyridine rings is 1. The number of esters is 1. The van der Waals surface area contributed by atoms with E-state index < -0.39 is 0 Å². The molecule has 1 aliphatic rings. The number of carbonyl (C=O) groups excluding carboxylic acids is 1. The lowest BCUT2D eigenvalue weighted by Crippen LogP contribution is -2.14. The molecule has 0 unspecified atom stereocenters. The highest BCUT2D eigenvalue weighted by molar-refractivity contribution is 7.99. The summed E-state index contributed by atoms with van der Waals surface area (Å²) in [5, 5.41) is 2.22. The number of rotatable bonds is 7. The van der Waals surface area contributed by atoms with Crippen LogP contribution in [0.15, 0.2) is 58.8 Å². The number of ether oxygens (including phenoxy) is 1. The molecule has 1 aliphatic carbocycles. The molecule has 1 saturated carbocycles. The molecule has 7 heteroatoms. The molecule has 2 heterocycles. The normalized spacial score (nSPS) is 13.8. The van der Waals surface area contributed by atoms with E-state index in [1.54, 1.807) is 30.2 Å². The van der Waals surface area contributed by atoms with E-state index in [9.17, 15) is 4.79 Å². The maximum absolute atomic E-state index is 12.8. The second kappa shape index (κ2) is 9.46. The van der Waals surface area contributed by atoms with Gasteiger partial charge >= 0.3 is 5.97 Å². The van der Waals surface area contributed by atoms with Gasteiger partial charge in [0.05, 0.1) is 17.2 Å². The van der Waals surface area contributed by atoms with Crippen molar-refractivity contribution in [3.05, 3.63) is 75.7 Å². The minimum absolute atomic E-state index is 0.265. The van der Waals surface area contributed by atoms with E-state index in [0.717, 1.165) is 33.9 Å². The van der Waals surface area contributed by atoms with E-state index in [0.29, 0.717) is 34.7 Å². The van der Waals surface area contributed by atoms with Crippen LogP contribution in [-0.2, 0) is 11.3 Å². The Bertz CT molecular complexity index is 1030. The SMILES string of the molecule is CCOC(=O)c1cn(Cc2ccncc2)c(Sc2cc(Cl)cc(Cl)c2)c1C1CCC1. The minimum Gasteiger partial charge on any atom is -0.462 e. The number of benzene rings is 1. The molecular weight excluding hydrogens is 439 g/mol. The molecule has 0 aliphatic heterocycles. The summed E-state index contributed by atoms with van der Waals surface area (Å²) in [7, 11) is 0. The van der Waals surface area contributed by atoms with Crippen molar-refractivity contribution in [2.45, 2.75) is 48.6 Å². The Labute approximate surface area is 190 Å². The highest BCUT2D eigenvalue weighted by atomic mass is 35.5. The highest BCUT2D eigenvalue weighted by Gasteiger charge is 2.31. The second-order valence-corrected chi connectivity index (χ2v) is 9.24. The van der Waals surface area contributed by atoms with Crippen LogP contribution >= 0.6 is 35.0 Å². The molecule has 0 amide bonds. The topological polar surface area (TPSA) is 44.1 Å². The van der Waals surface area contributed by atoms with E-state index in [-0.39, 0.29) is 5.97 Å². The van der Waals surface area contributed by atoms with E-state index in [1.807, 2.05) is 37.4 Å². The smallest absolute Gasteiger partial charge is 0.340 e. The van der Waals surface area contributed by atoms with Crippen LogP contribution in [0.1, 0.15) is 53.6 Å². The van der Waals surface area contributed by atoms with Crippen LogP contribution in [0.3, 0.4) is 0 Å². The van der Waals surface area contributed by atoms with E-state index in [1.165, 1.54) is 6.42 Å². The molecule has 0 radical (unpaired) electrons. The summed E-state index contributed by atoms with van der Waals surface area (Å²) in [6, 6.07) is 9.49. The van der Waals surface area contributed by atoms with Crippen LogP contribution in [0.25, 0.3) is 0 Å². The third kappa shape index (κ3) is 4.69. The fourth-order valence-electron chi connectivity index (χ4n) is 3.63. The van der Waals surface area contributed by atoms with Gasteiger partial charge in [-0.25, -0.2) is 4.79 Å². The van der Waals surface area contributed by atoms with Crippen LogP contribution in [0, 0.1) is 0 Å². The van der Waals surface area contributed by atoms with Gasteiger partial charge in [0.15, 0.2) is 0 Å². The van der Waals surface area contributed by atoms with E-state index in [2.05, 4.69) is 9.55 Å². The summed E-state index contributed by atoms with van der Waals surface area (Å²) >= 11 is 14.1. The molecule has 30 heavy (non-hydrogen) atoms. The third-order valence-corrected chi connectivity index (χ3v) is 6.78. The van der Waals surface area contributed by atoms with Gasteiger partial charge in [-0.3, -0.25) is 4.98 Å². The van der Waals surface area contributed by atoms with Gasteiger partial charge in [0.25, 0.3) is 0 Å². The quantitative estimate of drug-likeness (QED) is 0.362. The molecule has 0 atom stereocenters. The van der Waals surface area contributed by atoms with Gasteiger partial charge in [-0.05, 0) is 61.6 Å². The number of carbonyl (C=O) groups is 1. The summed E-state index contributed by atoms with van der Waals surface area (Å²) in [6.45, 7) is 2.82. The second-order valence-electron chi connectivity index (χ2n) is 7.30. The predicted octanol–water partition coefficient (Wildman–Crippen LogP) is 6.83. The molecule has 156 valence electrons. The van der Waals surface area contributed by atoms with Gasteiger partial charge in [-0.15, -0.1) is 0 Å². The molecule has 4 nitrogen and oxygen atoms in total. The fourth-order valence-corrected chi connectivity index (χ4v) is 5.50. The van der Waals surface area contributed by atoms with E-state index in [4.69, 9.17) is 27.9 Å². The Morgan fingerprint density at radius 1 is 1.20 bits per heavy atom. The molecule has 4 rings (SSSR count). The monoisotopic (exact) mass is 460 g/mol. The third-order valence-electron chi connectivity index (χ3n) is 5.23. The minimum atomic E-state index is -0.265. The zero-order valence-corrected chi connectivity index (χ0v) is 18.9. The first-order valence-electron chi connectivity index (χ1n) is 9.98. The number of aromatic nitrogens is 2. The molecule has 0 spiro atoms. The maximum atomic E-state index is 12.8. The van der Waals surface area contributed by atoms with Crippen molar-refractivity contribution in [3.8, 4) is 0 Å². The Hall–Kier alpha value is -1.95. The Balaban J connectivity index is 1.81. The van der Waals surface area contributed by atoms with Gasteiger partial charge < -0.3 is 9.30 Å². The predicted molar refractivity (Wildman–Crippen MR) is 121 cm³/mol.